The zero-order valence-corrected chi connectivity index (χ0v) is 24.0. The summed E-state index contributed by atoms with van der Waals surface area (Å²) in [6, 6.07) is 13.6. The lowest BCUT2D eigenvalue weighted by atomic mass is 9.95. The van der Waals surface area contributed by atoms with Crippen molar-refractivity contribution in [2.45, 2.75) is 51.5 Å². The van der Waals surface area contributed by atoms with E-state index in [1.807, 2.05) is 23.6 Å². The van der Waals surface area contributed by atoms with Crippen molar-refractivity contribution >= 4 is 50.5 Å². The van der Waals surface area contributed by atoms with E-state index in [1.165, 1.54) is 17.2 Å². The van der Waals surface area contributed by atoms with Crippen molar-refractivity contribution in [1.82, 2.24) is 9.63 Å². The summed E-state index contributed by atoms with van der Waals surface area (Å²) < 4.78 is 43.6. The highest BCUT2D eigenvalue weighted by molar-refractivity contribution is 7.87. The Balaban J connectivity index is 1.74. The molecule has 38 heavy (non-hydrogen) atoms. The van der Waals surface area contributed by atoms with Crippen molar-refractivity contribution < 1.29 is 22.2 Å². The Bertz CT molecular complexity index is 1410. The molecule has 1 aliphatic carbocycles. The zero-order valence-electron chi connectivity index (χ0n) is 20.9. The van der Waals surface area contributed by atoms with Gasteiger partial charge in [-0.25, -0.2) is 5.06 Å². The minimum atomic E-state index is -3.90. The second-order valence-electron chi connectivity index (χ2n) is 9.31. The maximum absolute atomic E-state index is 12.4. The fourth-order valence-corrected chi connectivity index (χ4v) is 6.55. The molecule has 3 aromatic rings. The Morgan fingerprint density at radius 2 is 1.82 bits per heavy atom. The summed E-state index contributed by atoms with van der Waals surface area (Å²) in [5, 5.41) is 13.2. The van der Waals surface area contributed by atoms with Crippen LogP contribution in [0.15, 0.2) is 48.5 Å². The van der Waals surface area contributed by atoms with E-state index in [9.17, 15) is 18.0 Å². The van der Waals surface area contributed by atoms with Crippen LogP contribution >= 0.6 is 35.4 Å². The lowest BCUT2D eigenvalue weighted by Gasteiger charge is -2.30. The van der Waals surface area contributed by atoms with Crippen LogP contribution in [0.5, 0.6) is 5.75 Å². The van der Waals surface area contributed by atoms with Crippen molar-refractivity contribution in [3.63, 3.8) is 0 Å². The van der Waals surface area contributed by atoms with E-state index in [0.717, 1.165) is 43.5 Å². The monoisotopic (exact) mass is 598 g/mol. The van der Waals surface area contributed by atoms with E-state index >= 15 is 0 Å². The largest absolute Gasteiger partial charge is 0.382 e. The van der Waals surface area contributed by atoms with Crippen LogP contribution in [0.1, 0.15) is 49.8 Å². The zero-order chi connectivity index (χ0) is 27.4. The van der Waals surface area contributed by atoms with Crippen LogP contribution in [0.2, 0.25) is 10.0 Å². The third-order valence-electron chi connectivity index (χ3n) is 6.66. The molecule has 4 rings (SSSR count). The summed E-state index contributed by atoms with van der Waals surface area (Å²) in [5.41, 5.74) is 3.60. The van der Waals surface area contributed by atoms with E-state index in [-0.39, 0.29) is 18.2 Å². The van der Waals surface area contributed by atoms with E-state index in [1.54, 1.807) is 24.3 Å². The standard InChI is InChI=1S/C27H29Cl2FN2O4S2/c1-18-24(27(37)32(33)21-6-3-2-4-7-21)17-26(23-13-8-19(28)16-25(23)29)31(18)20-9-11-22(12-10-20)36-38(34,35)15-5-14-30/h8-13,16-17,21,33H,2-7,14-15H2,1H3. The molecule has 2 aromatic carbocycles. The molecule has 0 amide bonds. The predicted molar refractivity (Wildman–Crippen MR) is 153 cm³/mol. The second kappa shape index (κ2) is 12.3. The van der Waals surface area contributed by atoms with Gasteiger partial charge >= 0.3 is 10.1 Å². The van der Waals surface area contributed by atoms with Crippen molar-refractivity contribution in [2.75, 3.05) is 12.4 Å². The van der Waals surface area contributed by atoms with E-state index in [2.05, 4.69) is 0 Å². The molecule has 1 saturated carbocycles. The maximum Gasteiger partial charge on any atom is 0.309 e. The topological polar surface area (TPSA) is 71.8 Å². The number of alkyl halides is 1. The molecule has 1 N–H and O–H groups in total. The molecule has 1 heterocycles. The molecule has 0 atom stereocenters. The van der Waals surface area contributed by atoms with Gasteiger partial charge in [0.1, 0.15) is 10.7 Å². The Labute approximate surface area is 238 Å². The highest BCUT2D eigenvalue weighted by Gasteiger charge is 2.27. The Morgan fingerprint density at radius 1 is 1.13 bits per heavy atom. The van der Waals surface area contributed by atoms with E-state index < -0.39 is 22.5 Å². The van der Waals surface area contributed by atoms with Crippen molar-refractivity contribution in [1.29, 1.82) is 0 Å². The minimum absolute atomic E-state index is 0.0302. The van der Waals surface area contributed by atoms with Crippen molar-refractivity contribution in [3.05, 3.63) is 69.8 Å². The first kappa shape index (κ1) is 28.8. The fraction of sp³-hybridized carbons (Fsp3) is 0.370. The van der Waals surface area contributed by atoms with Gasteiger partial charge in [0.25, 0.3) is 0 Å². The molecule has 1 aromatic heterocycles. The van der Waals surface area contributed by atoms with Crippen LogP contribution in [0.3, 0.4) is 0 Å². The maximum atomic E-state index is 12.4. The summed E-state index contributed by atoms with van der Waals surface area (Å²) in [7, 11) is -3.90. The van der Waals surface area contributed by atoms with Crippen molar-refractivity contribution in [3.8, 4) is 22.7 Å². The molecule has 0 radical (unpaired) electrons. The molecule has 0 bridgehead atoms. The Morgan fingerprint density at radius 3 is 2.45 bits per heavy atom. The van der Waals surface area contributed by atoms with Gasteiger partial charge in [0.15, 0.2) is 0 Å². The molecule has 0 saturated heterocycles. The number of hydrogen-bond donors (Lipinski definition) is 1. The number of halogens is 3. The van der Waals surface area contributed by atoms with Gasteiger partial charge in [-0.1, -0.05) is 54.7 Å². The summed E-state index contributed by atoms with van der Waals surface area (Å²) in [6.45, 7) is 1.16. The van der Waals surface area contributed by atoms with Gasteiger partial charge in [-0.05, 0) is 74.7 Å². The summed E-state index contributed by atoms with van der Waals surface area (Å²) in [4.78, 5) is 0.332. The number of aromatic nitrogens is 1. The van der Waals surface area contributed by atoms with Crippen LogP contribution in [-0.4, -0.2) is 46.7 Å². The first-order valence-electron chi connectivity index (χ1n) is 12.4. The van der Waals surface area contributed by atoms with Gasteiger partial charge < -0.3 is 8.75 Å². The van der Waals surface area contributed by atoms with Crippen molar-refractivity contribution in [2.24, 2.45) is 0 Å². The van der Waals surface area contributed by atoms with Crippen LogP contribution < -0.4 is 4.18 Å². The Kier molecular flexibility index (Phi) is 9.36. The molecule has 0 aliphatic heterocycles. The molecule has 0 spiro atoms. The average molecular weight is 600 g/mol. The van der Waals surface area contributed by atoms with Gasteiger partial charge in [0.2, 0.25) is 0 Å². The number of nitrogens with zero attached hydrogens (tertiary/aromatic N) is 2. The third kappa shape index (κ3) is 6.51. The third-order valence-corrected chi connectivity index (χ3v) is 8.85. The van der Waals surface area contributed by atoms with Crippen LogP contribution in [-0.2, 0) is 10.1 Å². The molecule has 6 nitrogen and oxygen atoms in total. The molecule has 0 unspecified atom stereocenters. The van der Waals surface area contributed by atoms with Gasteiger partial charge in [-0.3, -0.25) is 9.60 Å². The van der Waals surface area contributed by atoms with E-state index in [4.69, 9.17) is 39.6 Å². The van der Waals surface area contributed by atoms with Gasteiger partial charge in [0, 0.05) is 27.5 Å². The first-order valence-corrected chi connectivity index (χ1v) is 15.1. The summed E-state index contributed by atoms with van der Waals surface area (Å²) >= 11 is 18.5. The number of benzene rings is 2. The normalized spacial score (nSPS) is 14.4. The van der Waals surface area contributed by atoms with Crippen LogP contribution in [0.25, 0.3) is 16.9 Å². The lowest BCUT2D eigenvalue weighted by Crippen LogP contribution is -2.38. The fourth-order valence-electron chi connectivity index (χ4n) is 4.74. The number of hydroxylamine groups is 2. The SMILES string of the molecule is Cc1c(C(=S)N(O)C2CCCCC2)cc(-c2ccc(Cl)cc2Cl)n1-c1ccc(OS(=O)(=O)CCCF)cc1. The summed E-state index contributed by atoms with van der Waals surface area (Å²) in [5.74, 6) is -0.279. The molecule has 11 heteroatoms. The molecule has 1 aliphatic rings. The van der Waals surface area contributed by atoms with Crippen LogP contribution in [0, 0.1) is 6.92 Å². The Hall–Kier alpha value is -2.17. The highest BCUT2D eigenvalue weighted by Crippen LogP contribution is 2.36. The number of hydrogen-bond acceptors (Lipinski definition) is 5. The summed E-state index contributed by atoms with van der Waals surface area (Å²) in [6.07, 6.45) is 4.88. The van der Waals surface area contributed by atoms with Gasteiger partial charge in [-0.15, -0.1) is 0 Å². The quantitative estimate of drug-likeness (QED) is 0.156. The molecular weight excluding hydrogens is 570 g/mol. The molecule has 1 fully saturated rings. The number of rotatable bonds is 9. The minimum Gasteiger partial charge on any atom is -0.382 e. The van der Waals surface area contributed by atoms with Crippen LogP contribution in [0.4, 0.5) is 4.39 Å². The molecular formula is C27H29Cl2FN2O4S2. The number of thiocarbonyl (C=S) groups is 1. The smallest absolute Gasteiger partial charge is 0.309 e. The van der Waals surface area contributed by atoms with Gasteiger partial charge in [-0.2, -0.15) is 8.42 Å². The average Bonchev–Trinajstić information content (AvgIpc) is 3.24. The van der Waals surface area contributed by atoms with E-state index in [0.29, 0.717) is 31.8 Å². The highest BCUT2D eigenvalue weighted by atomic mass is 35.5. The lowest BCUT2D eigenvalue weighted by molar-refractivity contribution is -0.0607. The van der Waals surface area contributed by atoms with Gasteiger partial charge in [0.05, 0.1) is 29.2 Å². The second-order valence-corrected chi connectivity index (χ2v) is 12.2. The predicted octanol–water partition coefficient (Wildman–Crippen LogP) is 7.53. The molecule has 204 valence electrons. The first-order chi connectivity index (χ1) is 18.1.